The van der Waals surface area contributed by atoms with Crippen LogP contribution in [0.3, 0.4) is 0 Å². The Hall–Kier alpha value is -2.94. The van der Waals surface area contributed by atoms with Gasteiger partial charge in [-0.1, -0.05) is 30.3 Å². The lowest BCUT2D eigenvalue weighted by molar-refractivity contribution is -0.123. The number of benzene rings is 1. The van der Waals surface area contributed by atoms with Gasteiger partial charge in [-0.3, -0.25) is 9.69 Å². The molecular weight excluding hydrogens is 464 g/mol. The SMILES string of the molecule is CCOC(=O)c1nc(N(CCc2ccccc2)C(=O)C2CCN(C(=O)N3CCCC3)CC2)sc1C. The van der Waals surface area contributed by atoms with Crippen LogP contribution in [0.25, 0.3) is 0 Å². The molecule has 0 spiro atoms. The van der Waals surface area contributed by atoms with Crippen LogP contribution in [0.5, 0.6) is 0 Å². The van der Waals surface area contributed by atoms with Crippen molar-refractivity contribution < 1.29 is 19.1 Å². The number of anilines is 1. The minimum absolute atomic E-state index is 0.0124. The van der Waals surface area contributed by atoms with E-state index in [0.717, 1.165) is 36.4 Å². The number of carbonyl (C=O) groups is 3. The molecule has 2 aliphatic rings. The second-order valence-electron chi connectivity index (χ2n) is 9.09. The topological polar surface area (TPSA) is 83.0 Å². The van der Waals surface area contributed by atoms with E-state index in [-0.39, 0.29) is 30.2 Å². The van der Waals surface area contributed by atoms with Gasteiger partial charge in [-0.15, -0.1) is 11.3 Å². The molecule has 8 nitrogen and oxygen atoms in total. The number of aromatic nitrogens is 1. The lowest BCUT2D eigenvalue weighted by atomic mass is 9.95. The third kappa shape index (κ3) is 6.01. The highest BCUT2D eigenvalue weighted by atomic mass is 32.1. The molecule has 3 amide bonds. The molecule has 0 saturated carbocycles. The fourth-order valence-corrected chi connectivity index (χ4v) is 5.65. The van der Waals surface area contributed by atoms with Gasteiger partial charge in [0.05, 0.1) is 6.61 Å². The summed E-state index contributed by atoms with van der Waals surface area (Å²) in [6.07, 6.45) is 4.09. The van der Waals surface area contributed by atoms with Crippen molar-refractivity contribution in [2.24, 2.45) is 5.92 Å². The number of urea groups is 1. The molecule has 2 aliphatic heterocycles. The molecule has 1 aromatic carbocycles. The maximum Gasteiger partial charge on any atom is 0.358 e. The van der Waals surface area contributed by atoms with Crippen LogP contribution in [0.1, 0.15) is 53.5 Å². The molecule has 2 fully saturated rings. The Morgan fingerprint density at radius 3 is 2.37 bits per heavy atom. The smallest absolute Gasteiger partial charge is 0.358 e. The Labute approximate surface area is 210 Å². The lowest BCUT2D eigenvalue weighted by Gasteiger charge is -2.35. The normalized spacial score (nSPS) is 16.4. The van der Waals surface area contributed by atoms with E-state index in [1.165, 1.54) is 11.3 Å². The van der Waals surface area contributed by atoms with Crippen LogP contribution in [0, 0.1) is 12.8 Å². The van der Waals surface area contributed by atoms with Gasteiger partial charge in [0, 0.05) is 43.5 Å². The average molecular weight is 499 g/mol. The Kier molecular flexibility index (Phi) is 8.38. The molecule has 0 aliphatic carbocycles. The summed E-state index contributed by atoms with van der Waals surface area (Å²) in [6.45, 7) is 7.18. The van der Waals surface area contributed by atoms with Crippen molar-refractivity contribution in [1.82, 2.24) is 14.8 Å². The number of thiazole rings is 1. The van der Waals surface area contributed by atoms with Gasteiger partial charge < -0.3 is 14.5 Å². The summed E-state index contributed by atoms with van der Waals surface area (Å²) < 4.78 is 5.14. The number of likely N-dealkylation sites (tertiary alicyclic amines) is 2. The molecule has 0 bridgehead atoms. The Bertz CT molecular complexity index is 1030. The summed E-state index contributed by atoms with van der Waals surface area (Å²) in [5.41, 5.74) is 1.41. The number of nitrogens with zero attached hydrogens (tertiary/aromatic N) is 4. The molecule has 188 valence electrons. The van der Waals surface area contributed by atoms with Crippen molar-refractivity contribution in [3.8, 4) is 0 Å². The van der Waals surface area contributed by atoms with Crippen LogP contribution < -0.4 is 4.90 Å². The van der Waals surface area contributed by atoms with Crippen LogP contribution in [-0.2, 0) is 16.0 Å². The number of aryl methyl sites for hydroxylation is 1. The number of rotatable bonds is 7. The third-order valence-corrected chi connectivity index (χ3v) is 7.70. The predicted octanol–water partition coefficient (Wildman–Crippen LogP) is 4.13. The minimum atomic E-state index is -0.461. The molecule has 9 heteroatoms. The van der Waals surface area contributed by atoms with Crippen molar-refractivity contribution in [2.75, 3.05) is 44.2 Å². The highest BCUT2D eigenvalue weighted by Gasteiger charge is 2.34. The average Bonchev–Trinajstić information content (AvgIpc) is 3.55. The van der Waals surface area contributed by atoms with Crippen LogP contribution >= 0.6 is 11.3 Å². The molecule has 0 radical (unpaired) electrons. The lowest BCUT2D eigenvalue weighted by Crippen LogP contribution is -2.48. The first-order valence-corrected chi connectivity index (χ1v) is 13.3. The number of esters is 1. The number of ether oxygens (including phenoxy) is 1. The molecule has 0 unspecified atom stereocenters. The number of piperidine rings is 1. The van der Waals surface area contributed by atoms with E-state index < -0.39 is 5.97 Å². The maximum atomic E-state index is 13.7. The van der Waals surface area contributed by atoms with Crippen LogP contribution in [0.2, 0.25) is 0 Å². The summed E-state index contributed by atoms with van der Waals surface area (Å²) >= 11 is 1.35. The van der Waals surface area contributed by atoms with Gasteiger partial charge in [-0.05, 0) is 51.5 Å². The van der Waals surface area contributed by atoms with Crippen LogP contribution in [-0.4, -0.2) is 72.0 Å². The second kappa shape index (κ2) is 11.7. The number of amides is 3. The standard InChI is InChI=1S/C26H34N4O4S/c1-3-34-24(32)22-19(2)35-25(27-22)30(18-11-20-9-5-4-6-10-20)23(31)21-12-16-29(17-13-21)26(33)28-14-7-8-15-28/h4-6,9-10,21H,3,7-8,11-18H2,1-2H3. The van der Waals surface area contributed by atoms with Gasteiger partial charge in [0.15, 0.2) is 10.8 Å². The van der Waals surface area contributed by atoms with Gasteiger partial charge >= 0.3 is 12.0 Å². The molecule has 2 saturated heterocycles. The second-order valence-corrected chi connectivity index (χ2v) is 10.3. The molecule has 3 heterocycles. The first-order chi connectivity index (χ1) is 17.0. The number of carbonyl (C=O) groups excluding carboxylic acids is 3. The van der Waals surface area contributed by atoms with Crippen molar-refractivity contribution in [3.63, 3.8) is 0 Å². The van der Waals surface area contributed by atoms with E-state index in [0.29, 0.717) is 44.0 Å². The Morgan fingerprint density at radius 1 is 1.06 bits per heavy atom. The zero-order chi connectivity index (χ0) is 24.8. The first kappa shape index (κ1) is 25.2. The molecule has 2 aromatic rings. The van der Waals surface area contributed by atoms with E-state index >= 15 is 0 Å². The third-order valence-electron chi connectivity index (χ3n) is 6.71. The van der Waals surface area contributed by atoms with Gasteiger partial charge in [0.25, 0.3) is 0 Å². The van der Waals surface area contributed by atoms with Crippen molar-refractivity contribution in [2.45, 2.75) is 46.0 Å². The predicted molar refractivity (Wildman–Crippen MR) is 136 cm³/mol. The fraction of sp³-hybridized carbons (Fsp3) is 0.538. The first-order valence-electron chi connectivity index (χ1n) is 12.5. The van der Waals surface area contributed by atoms with Crippen molar-refractivity contribution in [3.05, 3.63) is 46.5 Å². The maximum absolute atomic E-state index is 13.7. The summed E-state index contributed by atoms with van der Waals surface area (Å²) in [5, 5.41) is 0.530. The number of hydrogen-bond acceptors (Lipinski definition) is 6. The van der Waals surface area contributed by atoms with Crippen LogP contribution in [0.15, 0.2) is 30.3 Å². The molecule has 4 rings (SSSR count). The minimum Gasteiger partial charge on any atom is -0.461 e. The summed E-state index contributed by atoms with van der Waals surface area (Å²) in [6, 6.07) is 10.1. The van der Waals surface area contributed by atoms with Gasteiger partial charge in [-0.2, -0.15) is 0 Å². The van der Waals surface area contributed by atoms with Crippen molar-refractivity contribution >= 4 is 34.4 Å². The van der Waals surface area contributed by atoms with Gasteiger partial charge in [0.1, 0.15) is 0 Å². The highest BCUT2D eigenvalue weighted by molar-refractivity contribution is 7.16. The molecular formula is C26H34N4O4S. The van der Waals surface area contributed by atoms with Crippen molar-refractivity contribution in [1.29, 1.82) is 0 Å². The van der Waals surface area contributed by atoms with Gasteiger partial charge in [0.2, 0.25) is 5.91 Å². The van der Waals surface area contributed by atoms with E-state index in [1.54, 1.807) is 11.8 Å². The van der Waals surface area contributed by atoms with E-state index in [9.17, 15) is 14.4 Å². The number of hydrogen-bond donors (Lipinski definition) is 0. The summed E-state index contributed by atoms with van der Waals surface area (Å²) in [4.78, 5) is 49.6. The van der Waals surface area contributed by atoms with E-state index in [4.69, 9.17) is 4.74 Å². The molecule has 0 atom stereocenters. The van der Waals surface area contributed by atoms with Crippen LogP contribution in [0.4, 0.5) is 9.93 Å². The largest absolute Gasteiger partial charge is 0.461 e. The summed E-state index contributed by atoms with van der Waals surface area (Å²) in [7, 11) is 0. The zero-order valence-corrected chi connectivity index (χ0v) is 21.4. The highest BCUT2D eigenvalue weighted by Crippen LogP contribution is 2.30. The van der Waals surface area contributed by atoms with Gasteiger partial charge in [-0.25, -0.2) is 14.6 Å². The quantitative estimate of drug-likeness (QED) is 0.536. The molecule has 1 aromatic heterocycles. The summed E-state index contributed by atoms with van der Waals surface area (Å²) in [5.74, 6) is -0.626. The molecule has 0 N–H and O–H groups in total. The Balaban J connectivity index is 1.47. The zero-order valence-electron chi connectivity index (χ0n) is 20.6. The monoisotopic (exact) mass is 498 g/mol. The fourth-order valence-electron chi connectivity index (χ4n) is 4.72. The van der Waals surface area contributed by atoms with E-state index in [2.05, 4.69) is 4.98 Å². The van der Waals surface area contributed by atoms with E-state index in [1.807, 2.05) is 47.1 Å². The Morgan fingerprint density at radius 2 is 1.71 bits per heavy atom. The molecule has 35 heavy (non-hydrogen) atoms.